The van der Waals surface area contributed by atoms with Crippen LogP contribution in [0.15, 0.2) is 0 Å². The SMILES string of the molecule is CCc1nc(CC)c2c(n1)COC2. The highest BCUT2D eigenvalue weighted by atomic mass is 16.5. The lowest BCUT2D eigenvalue weighted by atomic mass is 10.1. The molecule has 2 heterocycles. The molecule has 13 heavy (non-hydrogen) atoms. The van der Waals surface area contributed by atoms with Gasteiger partial charge in [-0.2, -0.15) is 0 Å². The number of fused-ring (bicyclic) bond motifs is 1. The van der Waals surface area contributed by atoms with Crippen LogP contribution in [0.25, 0.3) is 0 Å². The van der Waals surface area contributed by atoms with E-state index in [1.165, 1.54) is 11.3 Å². The summed E-state index contributed by atoms with van der Waals surface area (Å²) in [6.07, 6.45) is 1.88. The molecule has 0 bridgehead atoms. The van der Waals surface area contributed by atoms with Gasteiger partial charge in [0.1, 0.15) is 5.82 Å². The second kappa shape index (κ2) is 3.42. The van der Waals surface area contributed by atoms with E-state index in [1.807, 2.05) is 0 Å². The van der Waals surface area contributed by atoms with Crippen LogP contribution in [0.1, 0.15) is 36.6 Å². The number of hydrogen-bond acceptors (Lipinski definition) is 3. The Labute approximate surface area is 78.2 Å². The Morgan fingerprint density at radius 1 is 1.15 bits per heavy atom. The summed E-state index contributed by atoms with van der Waals surface area (Å²) in [7, 11) is 0. The van der Waals surface area contributed by atoms with Crippen LogP contribution in [-0.2, 0) is 30.8 Å². The summed E-state index contributed by atoms with van der Waals surface area (Å²) in [5.74, 6) is 0.945. The van der Waals surface area contributed by atoms with Crippen molar-refractivity contribution in [3.05, 3.63) is 22.8 Å². The van der Waals surface area contributed by atoms with Gasteiger partial charge in [-0.15, -0.1) is 0 Å². The number of aryl methyl sites for hydroxylation is 2. The molecule has 3 heteroatoms. The van der Waals surface area contributed by atoms with Crippen molar-refractivity contribution in [3.63, 3.8) is 0 Å². The Bertz CT molecular complexity index is 323. The van der Waals surface area contributed by atoms with Gasteiger partial charge in [-0.3, -0.25) is 0 Å². The van der Waals surface area contributed by atoms with Crippen LogP contribution >= 0.6 is 0 Å². The van der Waals surface area contributed by atoms with Crippen LogP contribution < -0.4 is 0 Å². The summed E-state index contributed by atoms with van der Waals surface area (Å²) < 4.78 is 5.35. The number of ether oxygens (including phenoxy) is 1. The van der Waals surface area contributed by atoms with Crippen LogP contribution in [0.3, 0.4) is 0 Å². The summed E-state index contributed by atoms with van der Waals surface area (Å²) in [6.45, 7) is 5.57. The van der Waals surface area contributed by atoms with Crippen LogP contribution in [0.4, 0.5) is 0 Å². The monoisotopic (exact) mass is 178 g/mol. The molecule has 0 radical (unpaired) electrons. The molecular weight excluding hydrogens is 164 g/mol. The maximum Gasteiger partial charge on any atom is 0.128 e. The smallest absolute Gasteiger partial charge is 0.128 e. The summed E-state index contributed by atoms with van der Waals surface area (Å²) in [5.41, 5.74) is 3.49. The maximum atomic E-state index is 5.35. The molecule has 70 valence electrons. The van der Waals surface area contributed by atoms with E-state index in [2.05, 4.69) is 23.8 Å². The molecule has 0 aromatic carbocycles. The van der Waals surface area contributed by atoms with E-state index in [-0.39, 0.29) is 0 Å². The molecule has 0 fully saturated rings. The van der Waals surface area contributed by atoms with Gasteiger partial charge in [0.25, 0.3) is 0 Å². The Morgan fingerprint density at radius 3 is 2.69 bits per heavy atom. The molecule has 0 spiro atoms. The average molecular weight is 178 g/mol. The predicted molar refractivity (Wildman–Crippen MR) is 49.3 cm³/mol. The van der Waals surface area contributed by atoms with Gasteiger partial charge >= 0.3 is 0 Å². The van der Waals surface area contributed by atoms with Gasteiger partial charge < -0.3 is 4.74 Å². The standard InChI is InChI=1S/C10H14N2O/c1-3-8-7-5-13-6-9(7)12-10(4-2)11-8/h3-6H2,1-2H3. The minimum absolute atomic E-state index is 0.665. The summed E-state index contributed by atoms with van der Waals surface area (Å²) >= 11 is 0. The van der Waals surface area contributed by atoms with Gasteiger partial charge in [-0.05, 0) is 6.42 Å². The highest BCUT2D eigenvalue weighted by molar-refractivity contribution is 5.27. The fourth-order valence-corrected chi connectivity index (χ4v) is 1.62. The lowest BCUT2D eigenvalue weighted by Gasteiger charge is -2.05. The van der Waals surface area contributed by atoms with Gasteiger partial charge in [-0.25, -0.2) is 9.97 Å². The minimum Gasteiger partial charge on any atom is -0.370 e. The first kappa shape index (κ1) is 8.63. The van der Waals surface area contributed by atoms with Crippen molar-refractivity contribution in [2.24, 2.45) is 0 Å². The van der Waals surface area contributed by atoms with E-state index in [0.717, 1.165) is 24.4 Å². The average Bonchev–Trinajstić information content (AvgIpc) is 2.63. The van der Waals surface area contributed by atoms with Crippen LogP contribution in [-0.4, -0.2) is 9.97 Å². The van der Waals surface area contributed by atoms with E-state index in [0.29, 0.717) is 13.2 Å². The molecular formula is C10H14N2O. The first-order chi connectivity index (χ1) is 6.35. The van der Waals surface area contributed by atoms with Crippen molar-refractivity contribution in [1.29, 1.82) is 0 Å². The molecule has 1 aliphatic heterocycles. The topological polar surface area (TPSA) is 35.0 Å². The molecule has 1 aromatic rings. The van der Waals surface area contributed by atoms with Crippen molar-refractivity contribution in [2.75, 3.05) is 0 Å². The molecule has 0 N–H and O–H groups in total. The quantitative estimate of drug-likeness (QED) is 0.690. The highest BCUT2D eigenvalue weighted by Gasteiger charge is 2.17. The third-order valence-electron chi connectivity index (χ3n) is 2.36. The van der Waals surface area contributed by atoms with Gasteiger partial charge in [0.15, 0.2) is 0 Å². The minimum atomic E-state index is 0.665. The van der Waals surface area contributed by atoms with E-state index in [4.69, 9.17) is 4.74 Å². The molecule has 0 aliphatic carbocycles. The van der Waals surface area contributed by atoms with Gasteiger partial charge in [0.2, 0.25) is 0 Å². The predicted octanol–water partition coefficient (Wildman–Crippen LogP) is 1.63. The number of nitrogens with zero attached hydrogens (tertiary/aromatic N) is 2. The Kier molecular flexibility index (Phi) is 2.27. The lowest BCUT2D eigenvalue weighted by Crippen LogP contribution is -2.04. The fourth-order valence-electron chi connectivity index (χ4n) is 1.62. The van der Waals surface area contributed by atoms with Gasteiger partial charge in [0, 0.05) is 17.7 Å². The van der Waals surface area contributed by atoms with E-state index >= 15 is 0 Å². The molecule has 0 saturated heterocycles. The summed E-state index contributed by atoms with van der Waals surface area (Å²) in [4.78, 5) is 8.93. The Balaban J connectivity index is 2.49. The third-order valence-corrected chi connectivity index (χ3v) is 2.36. The van der Waals surface area contributed by atoms with Crippen LogP contribution in [0, 0.1) is 0 Å². The number of aromatic nitrogens is 2. The molecule has 0 unspecified atom stereocenters. The van der Waals surface area contributed by atoms with Gasteiger partial charge in [-0.1, -0.05) is 13.8 Å². The van der Waals surface area contributed by atoms with E-state index in [1.54, 1.807) is 0 Å². The van der Waals surface area contributed by atoms with Crippen LogP contribution in [0.2, 0.25) is 0 Å². The molecule has 3 nitrogen and oxygen atoms in total. The maximum absolute atomic E-state index is 5.35. The molecule has 0 atom stereocenters. The van der Waals surface area contributed by atoms with Crippen molar-refractivity contribution in [2.45, 2.75) is 39.9 Å². The normalized spacial score (nSPS) is 14.6. The van der Waals surface area contributed by atoms with Crippen LogP contribution in [0.5, 0.6) is 0 Å². The number of hydrogen-bond donors (Lipinski definition) is 0. The lowest BCUT2D eigenvalue weighted by molar-refractivity contribution is 0.133. The molecule has 0 amide bonds. The highest BCUT2D eigenvalue weighted by Crippen LogP contribution is 2.21. The zero-order valence-corrected chi connectivity index (χ0v) is 8.13. The molecule has 2 rings (SSSR count). The van der Waals surface area contributed by atoms with Crippen molar-refractivity contribution in [1.82, 2.24) is 9.97 Å². The Morgan fingerprint density at radius 2 is 2.00 bits per heavy atom. The fraction of sp³-hybridized carbons (Fsp3) is 0.600. The second-order valence-electron chi connectivity index (χ2n) is 3.21. The van der Waals surface area contributed by atoms with E-state index < -0.39 is 0 Å². The summed E-state index contributed by atoms with van der Waals surface area (Å²) in [6, 6.07) is 0. The molecule has 1 aromatic heterocycles. The second-order valence-corrected chi connectivity index (χ2v) is 3.21. The molecule has 1 aliphatic rings. The van der Waals surface area contributed by atoms with Gasteiger partial charge in [0.05, 0.1) is 18.9 Å². The van der Waals surface area contributed by atoms with Crippen molar-refractivity contribution >= 4 is 0 Å². The third kappa shape index (κ3) is 1.44. The first-order valence-corrected chi connectivity index (χ1v) is 4.80. The number of rotatable bonds is 2. The van der Waals surface area contributed by atoms with Crippen molar-refractivity contribution in [3.8, 4) is 0 Å². The zero-order valence-electron chi connectivity index (χ0n) is 8.13. The first-order valence-electron chi connectivity index (χ1n) is 4.80. The zero-order chi connectivity index (χ0) is 9.26. The van der Waals surface area contributed by atoms with E-state index in [9.17, 15) is 0 Å². The van der Waals surface area contributed by atoms with Crippen molar-refractivity contribution < 1.29 is 4.74 Å². The largest absolute Gasteiger partial charge is 0.370 e. The Hall–Kier alpha value is -0.960. The molecule has 0 saturated carbocycles. The summed E-state index contributed by atoms with van der Waals surface area (Å²) in [5, 5.41) is 0.